The number of nitrogens with zero attached hydrogens (tertiary/aromatic N) is 1. The molecule has 4 nitrogen and oxygen atoms in total. The van der Waals surface area contributed by atoms with Crippen LogP contribution in [0.3, 0.4) is 0 Å². The molecule has 0 amide bonds. The zero-order chi connectivity index (χ0) is 13.9. The van der Waals surface area contributed by atoms with Crippen molar-refractivity contribution in [1.29, 1.82) is 0 Å². The highest BCUT2D eigenvalue weighted by Crippen LogP contribution is 2.30. The predicted octanol–water partition coefficient (Wildman–Crippen LogP) is 2.06. The normalized spacial score (nSPS) is 13.3. The van der Waals surface area contributed by atoms with Gasteiger partial charge in [0.05, 0.1) is 6.54 Å². The molecule has 0 saturated heterocycles. The molecule has 1 aliphatic carbocycles. The molecule has 0 radical (unpaired) electrons. The molecule has 20 heavy (non-hydrogen) atoms. The van der Waals surface area contributed by atoms with Crippen molar-refractivity contribution in [2.24, 2.45) is 0 Å². The average Bonchev–Trinajstić information content (AvgIpc) is 2.84. The third-order valence-electron chi connectivity index (χ3n) is 3.52. The number of ketones is 1. The molecule has 0 bridgehead atoms. The maximum atomic E-state index is 11.7. The topological polar surface area (TPSA) is 48.3 Å². The second-order valence-electron chi connectivity index (χ2n) is 4.79. The number of benzene rings is 1. The van der Waals surface area contributed by atoms with E-state index in [1.165, 1.54) is 6.07 Å². The van der Waals surface area contributed by atoms with Gasteiger partial charge in [-0.25, -0.2) is 0 Å². The van der Waals surface area contributed by atoms with Crippen LogP contribution in [0.15, 0.2) is 47.4 Å². The number of hydrogen-bond acceptors (Lipinski definition) is 3. The van der Waals surface area contributed by atoms with E-state index in [0.717, 1.165) is 23.3 Å². The first-order valence-electron chi connectivity index (χ1n) is 6.69. The summed E-state index contributed by atoms with van der Waals surface area (Å²) in [5, 5.41) is 0. The van der Waals surface area contributed by atoms with Crippen LogP contribution in [0.2, 0.25) is 0 Å². The number of carbonyl (C=O) groups excluding carboxylic acids is 1. The van der Waals surface area contributed by atoms with Crippen molar-refractivity contribution in [3.8, 4) is 5.75 Å². The molecule has 0 aliphatic heterocycles. The summed E-state index contributed by atoms with van der Waals surface area (Å²) in [6, 6.07) is 10.6. The summed E-state index contributed by atoms with van der Waals surface area (Å²) < 4.78 is 7.35. The molecule has 0 atom stereocenters. The van der Waals surface area contributed by atoms with Gasteiger partial charge in [0, 0.05) is 29.8 Å². The molecule has 0 fully saturated rings. The standard InChI is InChI=1S/C16H15NO3/c18-14-8-7-13-12(14)4-3-5-15(13)20-11-10-17-9-2-1-6-16(17)19/h1-6,9H,7-8,10-11H2. The van der Waals surface area contributed by atoms with E-state index in [9.17, 15) is 9.59 Å². The summed E-state index contributed by atoms with van der Waals surface area (Å²) in [5.41, 5.74) is 1.74. The Kier molecular flexibility index (Phi) is 3.37. The van der Waals surface area contributed by atoms with Gasteiger partial charge in [0.1, 0.15) is 12.4 Å². The van der Waals surface area contributed by atoms with Crippen molar-refractivity contribution in [3.05, 3.63) is 64.1 Å². The van der Waals surface area contributed by atoms with Crippen LogP contribution in [0.1, 0.15) is 22.3 Å². The minimum atomic E-state index is -0.0374. The molecular weight excluding hydrogens is 254 g/mol. The summed E-state index contributed by atoms with van der Waals surface area (Å²) in [6.07, 6.45) is 3.05. The molecule has 0 unspecified atom stereocenters. The van der Waals surface area contributed by atoms with E-state index < -0.39 is 0 Å². The van der Waals surface area contributed by atoms with E-state index in [1.807, 2.05) is 24.3 Å². The Bertz CT molecular complexity index is 703. The van der Waals surface area contributed by atoms with E-state index >= 15 is 0 Å². The molecule has 0 saturated carbocycles. The highest BCUT2D eigenvalue weighted by atomic mass is 16.5. The molecule has 1 heterocycles. The van der Waals surface area contributed by atoms with Gasteiger partial charge >= 0.3 is 0 Å². The largest absolute Gasteiger partial charge is 0.491 e. The van der Waals surface area contributed by atoms with Gasteiger partial charge in [-0.2, -0.15) is 0 Å². The van der Waals surface area contributed by atoms with Crippen molar-refractivity contribution in [2.45, 2.75) is 19.4 Å². The predicted molar refractivity (Wildman–Crippen MR) is 75.3 cm³/mol. The Morgan fingerprint density at radius 1 is 1.05 bits per heavy atom. The lowest BCUT2D eigenvalue weighted by atomic mass is 10.1. The van der Waals surface area contributed by atoms with Crippen LogP contribution in [0.5, 0.6) is 5.75 Å². The third-order valence-corrected chi connectivity index (χ3v) is 3.52. The number of rotatable bonds is 4. The van der Waals surface area contributed by atoms with Crippen LogP contribution in [0, 0.1) is 0 Å². The van der Waals surface area contributed by atoms with Crippen molar-refractivity contribution >= 4 is 5.78 Å². The molecule has 0 spiro atoms. The second kappa shape index (κ2) is 5.33. The Morgan fingerprint density at radius 3 is 2.80 bits per heavy atom. The lowest BCUT2D eigenvalue weighted by Gasteiger charge is -2.11. The van der Waals surface area contributed by atoms with E-state index in [0.29, 0.717) is 19.6 Å². The van der Waals surface area contributed by atoms with E-state index in [1.54, 1.807) is 16.8 Å². The fourth-order valence-electron chi connectivity index (χ4n) is 2.49. The summed E-state index contributed by atoms with van der Waals surface area (Å²) in [4.78, 5) is 23.2. The zero-order valence-electron chi connectivity index (χ0n) is 11.0. The van der Waals surface area contributed by atoms with Crippen LogP contribution < -0.4 is 10.3 Å². The van der Waals surface area contributed by atoms with Gasteiger partial charge in [0.2, 0.25) is 0 Å². The quantitative estimate of drug-likeness (QED) is 0.853. The van der Waals surface area contributed by atoms with Crippen molar-refractivity contribution in [2.75, 3.05) is 6.61 Å². The molecule has 102 valence electrons. The molecular formula is C16H15NO3. The first kappa shape index (κ1) is 12.7. The molecule has 2 aromatic rings. The summed E-state index contributed by atoms with van der Waals surface area (Å²) >= 11 is 0. The lowest BCUT2D eigenvalue weighted by Crippen LogP contribution is -2.21. The molecule has 4 heteroatoms. The third kappa shape index (κ3) is 2.37. The van der Waals surface area contributed by atoms with Crippen LogP contribution in [-0.2, 0) is 13.0 Å². The smallest absolute Gasteiger partial charge is 0.250 e. The number of pyridine rings is 1. The van der Waals surface area contributed by atoms with Crippen molar-refractivity contribution in [1.82, 2.24) is 4.57 Å². The highest BCUT2D eigenvalue weighted by molar-refractivity contribution is 6.01. The van der Waals surface area contributed by atoms with Crippen LogP contribution in [-0.4, -0.2) is 17.0 Å². The SMILES string of the molecule is O=C1CCc2c(OCCn3ccccc3=O)cccc21. The van der Waals surface area contributed by atoms with E-state index in [-0.39, 0.29) is 11.3 Å². The van der Waals surface area contributed by atoms with Crippen LogP contribution in [0.4, 0.5) is 0 Å². The summed E-state index contributed by atoms with van der Waals surface area (Å²) in [7, 11) is 0. The molecule has 1 aromatic carbocycles. The van der Waals surface area contributed by atoms with Crippen molar-refractivity contribution in [3.63, 3.8) is 0 Å². The van der Waals surface area contributed by atoms with E-state index in [2.05, 4.69) is 0 Å². The van der Waals surface area contributed by atoms with Gasteiger partial charge in [-0.05, 0) is 18.6 Å². The minimum Gasteiger partial charge on any atom is -0.491 e. The Hall–Kier alpha value is -2.36. The fourth-order valence-corrected chi connectivity index (χ4v) is 2.49. The minimum absolute atomic E-state index is 0.0374. The van der Waals surface area contributed by atoms with Gasteiger partial charge in [-0.1, -0.05) is 18.2 Å². The van der Waals surface area contributed by atoms with Gasteiger partial charge in [0.25, 0.3) is 5.56 Å². The van der Waals surface area contributed by atoms with E-state index in [4.69, 9.17) is 4.74 Å². The molecule has 0 N–H and O–H groups in total. The van der Waals surface area contributed by atoms with Crippen LogP contribution in [0.25, 0.3) is 0 Å². The van der Waals surface area contributed by atoms with Crippen LogP contribution >= 0.6 is 0 Å². The van der Waals surface area contributed by atoms with Gasteiger partial charge in [-0.3, -0.25) is 9.59 Å². The van der Waals surface area contributed by atoms with Gasteiger partial charge in [0.15, 0.2) is 5.78 Å². The number of ether oxygens (including phenoxy) is 1. The number of Topliss-reactive ketones (excluding diaryl/α,β-unsaturated/α-hetero) is 1. The van der Waals surface area contributed by atoms with Crippen molar-refractivity contribution < 1.29 is 9.53 Å². The Labute approximate surface area is 116 Å². The summed E-state index contributed by atoms with van der Waals surface area (Å²) in [6.45, 7) is 0.909. The zero-order valence-corrected chi connectivity index (χ0v) is 11.0. The molecule has 1 aliphatic rings. The fraction of sp³-hybridized carbons (Fsp3) is 0.250. The average molecular weight is 269 g/mol. The maximum Gasteiger partial charge on any atom is 0.250 e. The van der Waals surface area contributed by atoms with Gasteiger partial charge < -0.3 is 9.30 Å². The first-order valence-corrected chi connectivity index (χ1v) is 6.69. The molecule has 3 rings (SSSR count). The summed E-state index contributed by atoms with van der Waals surface area (Å²) in [5.74, 6) is 0.946. The highest BCUT2D eigenvalue weighted by Gasteiger charge is 2.22. The molecule has 1 aromatic heterocycles. The number of carbonyl (C=O) groups is 1. The monoisotopic (exact) mass is 269 g/mol. The number of aromatic nitrogens is 1. The second-order valence-corrected chi connectivity index (χ2v) is 4.79. The Morgan fingerprint density at radius 2 is 1.95 bits per heavy atom. The first-order chi connectivity index (χ1) is 9.75. The lowest BCUT2D eigenvalue weighted by molar-refractivity contribution is 0.0994. The number of fused-ring (bicyclic) bond motifs is 1. The van der Waals surface area contributed by atoms with Gasteiger partial charge in [-0.15, -0.1) is 0 Å². The maximum absolute atomic E-state index is 11.7. The number of hydrogen-bond donors (Lipinski definition) is 0. The Balaban J connectivity index is 1.70.